The Morgan fingerprint density at radius 1 is 1.15 bits per heavy atom. The molecule has 4 rings (SSSR count). The van der Waals surface area contributed by atoms with Crippen LogP contribution in [0.5, 0.6) is 11.5 Å². The fourth-order valence-electron chi connectivity index (χ4n) is 3.69. The Morgan fingerprint density at radius 2 is 1.91 bits per heavy atom. The second-order valence-corrected chi connectivity index (χ2v) is 9.72. The normalized spacial score (nSPS) is 12.3. The van der Waals surface area contributed by atoms with Crippen LogP contribution in [0, 0.1) is 0 Å². The molecule has 0 radical (unpaired) electrons. The minimum Gasteiger partial charge on any atom is -0.493 e. The average Bonchev–Trinajstić information content (AvgIpc) is 3.28. The summed E-state index contributed by atoms with van der Waals surface area (Å²) in [4.78, 5) is 21.1. The van der Waals surface area contributed by atoms with E-state index in [1.807, 2.05) is 42.5 Å². The zero-order valence-corrected chi connectivity index (χ0v) is 21.3. The van der Waals surface area contributed by atoms with Gasteiger partial charge in [-0.3, -0.25) is 9.36 Å². The van der Waals surface area contributed by atoms with Crippen molar-refractivity contribution in [3.8, 4) is 27.6 Å². The molecule has 2 heterocycles. The van der Waals surface area contributed by atoms with E-state index < -0.39 is 0 Å². The minimum absolute atomic E-state index is 0.124. The number of rotatable bonds is 9. The summed E-state index contributed by atoms with van der Waals surface area (Å²) in [7, 11) is 3.69. The highest BCUT2D eigenvalue weighted by atomic mass is 35.5. The van der Waals surface area contributed by atoms with Crippen LogP contribution in [0.25, 0.3) is 26.3 Å². The molecule has 1 atom stereocenters. The number of benzene rings is 2. The van der Waals surface area contributed by atoms with Crippen LogP contribution >= 0.6 is 22.9 Å². The molecule has 178 valence electrons. The van der Waals surface area contributed by atoms with Crippen LogP contribution in [0.2, 0.25) is 5.02 Å². The molecule has 0 fully saturated rings. The first-order valence-corrected chi connectivity index (χ1v) is 12.4. The molecular weight excluding hydrogens is 470 g/mol. The molecule has 0 N–H and O–H groups in total. The van der Waals surface area contributed by atoms with Gasteiger partial charge in [0.25, 0.3) is 5.56 Å². The van der Waals surface area contributed by atoms with E-state index in [4.69, 9.17) is 21.1 Å². The number of halogens is 1. The standard InChI is InChI=1S/C26H28ClN3O3S/c1-5-12-29(3)17(2)15-33-22-11-10-20(13-23(22)32-4)30-16-28-21-14-24(34-25(21)26(30)31)18-6-8-19(27)9-7-18/h6-11,13-14,16-17H,5,12,15H2,1-4H3/t17-/m0/s1. The zero-order chi connectivity index (χ0) is 24.2. The van der Waals surface area contributed by atoms with E-state index in [2.05, 4.69) is 30.8 Å². The Balaban J connectivity index is 1.61. The van der Waals surface area contributed by atoms with Crippen LogP contribution in [0.1, 0.15) is 20.3 Å². The molecular formula is C26H28ClN3O3S. The smallest absolute Gasteiger partial charge is 0.275 e. The van der Waals surface area contributed by atoms with E-state index in [0.29, 0.717) is 39.0 Å². The van der Waals surface area contributed by atoms with Crippen LogP contribution in [-0.4, -0.2) is 47.8 Å². The molecule has 6 nitrogen and oxygen atoms in total. The largest absolute Gasteiger partial charge is 0.493 e. The van der Waals surface area contributed by atoms with Crippen molar-refractivity contribution < 1.29 is 9.47 Å². The van der Waals surface area contributed by atoms with Crippen LogP contribution in [-0.2, 0) is 0 Å². The number of nitrogens with zero attached hydrogens (tertiary/aromatic N) is 3. The van der Waals surface area contributed by atoms with E-state index in [-0.39, 0.29) is 11.6 Å². The van der Waals surface area contributed by atoms with E-state index in [9.17, 15) is 4.79 Å². The monoisotopic (exact) mass is 497 g/mol. The molecule has 0 aliphatic rings. The average molecular weight is 498 g/mol. The molecule has 8 heteroatoms. The van der Waals surface area contributed by atoms with E-state index >= 15 is 0 Å². The summed E-state index contributed by atoms with van der Waals surface area (Å²) < 4.78 is 13.7. The SMILES string of the molecule is CCCN(C)[C@@H](C)COc1ccc(-n2cnc3cc(-c4ccc(Cl)cc4)sc3c2=O)cc1OC. The van der Waals surface area contributed by atoms with Gasteiger partial charge in [-0.25, -0.2) is 4.98 Å². The number of likely N-dealkylation sites (N-methyl/N-ethyl adjacent to an activating group) is 1. The molecule has 4 aromatic rings. The minimum atomic E-state index is -0.124. The van der Waals surface area contributed by atoms with Gasteiger partial charge in [0.2, 0.25) is 0 Å². The van der Waals surface area contributed by atoms with Crippen molar-refractivity contribution in [1.29, 1.82) is 0 Å². The highest BCUT2D eigenvalue weighted by Crippen LogP contribution is 2.33. The molecule has 34 heavy (non-hydrogen) atoms. The highest BCUT2D eigenvalue weighted by Gasteiger charge is 2.15. The maximum atomic E-state index is 13.3. The Kier molecular flexibility index (Phi) is 7.56. The van der Waals surface area contributed by atoms with Crippen molar-refractivity contribution in [2.45, 2.75) is 26.3 Å². The summed E-state index contributed by atoms with van der Waals surface area (Å²) in [6.07, 6.45) is 2.65. The van der Waals surface area contributed by atoms with Gasteiger partial charge in [-0.05, 0) is 62.8 Å². The van der Waals surface area contributed by atoms with Gasteiger partial charge in [-0.15, -0.1) is 11.3 Å². The summed E-state index contributed by atoms with van der Waals surface area (Å²) >= 11 is 7.43. The molecule has 0 spiro atoms. The molecule has 2 aromatic heterocycles. The van der Waals surface area contributed by atoms with Gasteiger partial charge < -0.3 is 14.4 Å². The molecule has 0 saturated heterocycles. The third-order valence-corrected chi connectivity index (χ3v) is 7.21. The summed E-state index contributed by atoms with van der Waals surface area (Å²) in [5, 5.41) is 0.675. The van der Waals surface area contributed by atoms with E-state index in [1.165, 1.54) is 15.9 Å². The number of ether oxygens (including phenoxy) is 2. The van der Waals surface area contributed by atoms with Crippen molar-refractivity contribution in [3.63, 3.8) is 0 Å². The number of hydrogen-bond acceptors (Lipinski definition) is 6. The number of fused-ring (bicyclic) bond motifs is 1. The molecule has 0 saturated carbocycles. The van der Waals surface area contributed by atoms with Gasteiger partial charge in [0, 0.05) is 22.0 Å². The van der Waals surface area contributed by atoms with Crippen molar-refractivity contribution >= 4 is 33.2 Å². The fourth-order valence-corrected chi connectivity index (χ4v) is 4.86. The lowest BCUT2D eigenvalue weighted by Crippen LogP contribution is -2.34. The van der Waals surface area contributed by atoms with Gasteiger partial charge in [-0.2, -0.15) is 0 Å². The lowest BCUT2D eigenvalue weighted by atomic mass is 10.2. The molecule has 0 unspecified atom stereocenters. The zero-order valence-electron chi connectivity index (χ0n) is 19.7. The fraction of sp³-hybridized carbons (Fsp3) is 0.308. The molecule has 0 aliphatic carbocycles. The number of methoxy groups -OCH3 is 1. The van der Waals surface area contributed by atoms with Gasteiger partial charge in [0.15, 0.2) is 11.5 Å². The lowest BCUT2D eigenvalue weighted by Gasteiger charge is -2.24. The summed E-state index contributed by atoms with van der Waals surface area (Å²) in [5.41, 5.74) is 2.22. The Hall–Kier alpha value is -2.87. The van der Waals surface area contributed by atoms with Crippen molar-refractivity contribution in [2.24, 2.45) is 0 Å². The van der Waals surface area contributed by atoms with Crippen molar-refractivity contribution in [3.05, 3.63) is 70.2 Å². The van der Waals surface area contributed by atoms with Gasteiger partial charge in [0.1, 0.15) is 17.6 Å². The number of thiophene rings is 1. The van der Waals surface area contributed by atoms with Crippen LogP contribution in [0.3, 0.4) is 0 Å². The number of aromatic nitrogens is 2. The first-order chi connectivity index (χ1) is 16.4. The molecule has 0 bridgehead atoms. The summed E-state index contributed by atoms with van der Waals surface area (Å²) in [5.74, 6) is 1.22. The molecule has 0 aliphatic heterocycles. The van der Waals surface area contributed by atoms with Crippen LogP contribution in [0.4, 0.5) is 0 Å². The Labute approximate surface area is 208 Å². The van der Waals surface area contributed by atoms with Crippen molar-refractivity contribution in [2.75, 3.05) is 27.3 Å². The predicted octanol–water partition coefficient (Wildman–Crippen LogP) is 5.89. The predicted molar refractivity (Wildman–Crippen MR) is 140 cm³/mol. The second-order valence-electron chi connectivity index (χ2n) is 8.23. The second kappa shape index (κ2) is 10.6. The van der Waals surface area contributed by atoms with Gasteiger partial charge in [-0.1, -0.05) is 30.7 Å². The highest BCUT2D eigenvalue weighted by molar-refractivity contribution is 7.22. The van der Waals surface area contributed by atoms with Gasteiger partial charge in [0.05, 0.1) is 18.3 Å². The Bertz CT molecular complexity index is 1330. The van der Waals surface area contributed by atoms with Crippen LogP contribution < -0.4 is 15.0 Å². The number of hydrogen-bond donors (Lipinski definition) is 0. The van der Waals surface area contributed by atoms with E-state index in [0.717, 1.165) is 23.4 Å². The third kappa shape index (κ3) is 5.12. The quantitative estimate of drug-likeness (QED) is 0.289. The summed E-state index contributed by atoms with van der Waals surface area (Å²) in [6, 6.07) is 15.3. The summed E-state index contributed by atoms with van der Waals surface area (Å²) in [6.45, 7) is 5.86. The molecule has 0 amide bonds. The topological polar surface area (TPSA) is 56.6 Å². The molecule has 2 aromatic carbocycles. The third-order valence-electron chi connectivity index (χ3n) is 5.80. The lowest BCUT2D eigenvalue weighted by molar-refractivity contribution is 0.170. The first-order valence-electron chi connectivity index (χ1n) is 11.2. The van der Waals surface area contributed by atoms with Gasteiger partial charge >= 0.3 is 0 Å². The van der Waals surface area contributed by atoms with E-state index in [1.54, 1.807) is 19.5 Å². The maximum absolute atomic E-state index is 13.3. The van der Waals surface area contributed by atoms with Crippen molar-refractivity contribution in [1.82, 2.24) is 14.5 Å². The maximum Gasteiger partial charge on any atom is 0.275 e. The Morgan fingerprint density at radius 3 is 2.62 bits per heavy atom. The van der Waals surface area contributed by atoms with Crippen LogP contribution in [0.15, 0.2) is 59.7 Å². The first kappa shape index (κ1) is 24.3.